The highest BCUT2D eigenvalue weighted by Crippen LogP contribution is 2.24. The number of hydrogen-bond donors (Lipinski definition) is 2. The summed E-state index contributed by atoms with van der Waals surface area (Å²) in [7, 11) is 0. The number of carbonyl (C=O) groups is 1. The van der Waals surface area contributed by atoms with Crippen LogP contribution in [0.5, 0.6) is 17.2 Å². The lowest BCUT2D eigenvalue weighted by atomic mass is 10.3. The number of urea groups is 1. The zero-order chi connectivity index (χ0) is 17.4. The van der Waals surface area contributed by atoms with E-state index in [1.54, 1.807) is 19.1 Å². The van der Waals surface area contributed by atoms with Gasteiger partial charge in [0.2, 0.25) is 0 Å². The van der Waals surface area contributed by atoms with Gasteiger partial charge in [0.05, 0.1) is 0 Å². The number of carbonyl (C=O) groups excluding carboxylic acids is 1. The third kappa shape index (κ3) is 5.23. The SMILES string of the molecule is CC(C#CCOc1cccc(Oc2ccccc2)c1)N(O)C(N)=O. The molecule has 2 rings (SSSR count). The van der Waals surface area contributed by atoms with Crippen LogP contribution in [0.25, 0.3) is 0 Å². The summed E-state index contributed by atoms with van der Waals surface area (Å²) in [5, 5.41) is 9.65. The molecule has 0 saturated carbocycles. The van der Waals surface area contributed by atoms with Gasteiger partial charge in [0, 0.05) is 6.07 Å². The lowest BCUT2D eigenvalue weighted by molar-refractivity contribution is -0.0537. The van der Waals surface area contributed by atoms with Crippen LogP contribution in [0.4, 0.5) is 4.79 Å². The monoisotopic (exact) mass is 326 g/mol. The van der Waals surface area contributed by atoms with Crippen molar-refractivity contribution in [1.82, 2.24) is 5.06 Å². The van der Waals surface area contributed by atoms with E-state index in [9.17, 15) is 10.0 Å². The second kappa shape index (κ2) is 8.46. The van der Waals surface area contributed by atoms with Crippen LogP contribution in [0.1, 0.15) is 6.92 Å². The molecule has 6 nitrogen and oxygen atoms in total. The summed E-state index contributed by atoms with van der Waals surface area (Å²) >= 11 is 0. The van der Waals surface area contributed by atoms with Crippen LogP contribution in [0.3, 0.4) is 0 Å². The predicted molar refractivity (Wildman–Crippen MR) is 88.9 cm³/mol. The number of benzene rings is 2. The van der Waals surface area contributed by atoms with Gasteiger partial charge >= 0.3 is 6.03 Å². The van der Waals surface area contributed by atoms with Gasteiger partial charge in [0.15, 0.2) is 0 Å². The molecular formula is C18H18N2O4. The molecule has 6 heteroatoms. The second-order valence-electron chi connectivity index (χ2n) is 4.86. The molecule has 0 aromatic heterocycles. The van der Waals surface area contributed by atoms with Crippen LogP contribution in [0.15, 0.2) is 54.6 Å². The first-order chi connectivity index (χ1) is 11.6. The maximum Gasteiger partial charge on any atom is 0.339 e. The van der Waals surface area contributed by atoms with E-state index in [-0.39, 0.29) is 6.61 Å². The van der Waals surface area contributed by atoms with Crippen molar-refractivity contribution in [2.75, 3.05) is 6.61 Å². The van der Waals surface area contributed by atoms with Gasteiger partial charge in [-0.1, -0.05) is 36.1 Å². The van der Waals surface area contributed by atoms with E-state index in [2.05, 4.69) is 11.8 Å². The molecule has 2 aromatic carbocycles. The van der Waals surface area contributed by atoms with Gasteiger partial charge in [-0.15, -0.1) is 0 Å². The van der Waals surface area contributed by atoms with Gasteiger partial charge in [-0.3, -0.25) is 5.21 Å². The summed E-state index contributed by atoms with van der Waals surface area (Å²) in [6.07, 6.45) is 0. The van der Waals surface area contributed by atoms with Crippen LogP contribution < -0.4 is 15.2 Å². The van der Waals surface area contributed by atoms with Crippen molar-refractivity contribution in [3.8, 4) is 29.1 Å². The Labute approximate surface area is 140 Å². The van der Waals surface area contributed by atoms with Crippen molar-refractivity contribution in [3.05, 3.63) is 54.6 Å². The average molecular weight is 326 g/mol. The Morgan fingerprint density at radius 3 is 2.54 bits per heavy atom. The van der Waals surface area contributed by atoms with E-state index in [1.807, 2.05) is 42.5 Å². The Morgan fingerprint density at radius 2 is 1.83 bits per heavy atom. The number of primary amides is 1. The standard InChI is InChI=1S/C18H18N2O4/c1-14(20(22)18(19)21)7-6-12-23-16-10-5-11-17(13-16)24-15-8-3-2-4-9-15/h2-5,8-11,13-14,22H,12H2,1H3,(H2,19,21). The molecular weight excluding hydrogens is 308 g/mol. The van der Waals surface area contributed by atoms with Crippen LogP contribution in [0.2, 0.25) is 0 Å². The number of ether oxygens (including phenoxy) is 2. The van der Waals surface area contributed by atoms with Gasteiger partial charge < -0.3 is 15.2 Å². The van der Waals surface area contributed by atoms with Crippen LogP contribution in [0, 0.1) is 11.8 Å². The molecule has 3 N–H and O–H groups in total. The van der Waals surface area contributed by atoms with Crippen molar-refractivity contribution >= 4 is 6.03 Å². The highest BCUT2D eigenvalue weighted by atomic mass is 16.5. The number of nitrogens with two attached hydrogens (primary N) is 1. The molecule has 0 aliphatic carbocycles. The average Bonchev–Trinajstić information content (AvgIpc) is 2.59. The van der Waals surface area contributed by atoms with Crippen molar-refractivity contribution in [2.24, 2.45) is 5.73 Å². The number of nitrogens with zero attached hydrogens (tertiary/aromatic N) is 1. The fourth-order valence-electron chi connectivity index (χ4n) is 1.81. The Hall–Kier alpha value is -3.17. The minimum atomic E-state index is -0.955. The fourth-order valence-corrected chi connectivity index (χ4v) is 1.81. The normalized spacial score (nSPS) is 10.9. The van der Waals surface area contributed by atoms with Crippen molar-refractivity contribution in [3.63, 3.8) is 0 Å². The molecule has 2 amide bonds. The molecule has 124 valence electrons. The molecule has 0 spiro atoms. The molecule has 0 saturated heterocycles. The molecule has 0 bridgehead atoms. The first-order valence-corrected chi connectivity index (χ1v) is 7.28. The summed E-state index contributed by atoms with van der Waals surface area (Å²) in [6.45, 7) is 1.65. The number of amides is 2. The van der Waals surface area contributed by atoms with E-state index >= 15 is 0 Å². The second-order valence-corrected chi connectivity index (χ2v) is 4.86. The molecule has 2 aromatic rings. The zero-order valence-corrected chi connectivity index (χ0v) is 13.2. The molecule has 0 aliphatic rings. The summed E-state index contributed by atoms with van der Waals surface area (Å²) in [4.78, 5) is 10.8. The molecule has 0 fully saturated rings. The lowest BCUT2D eigenvalue weighted by Gasteiger charge is -2.14. The number of para-hydroxylation sites is 1. The van der Waals surface area contributed by atoms with Gasteiger partial charge in [-0.2, -0.15) is 5.06 Å². The highest BCUT2D eigenvalue weighted by molar-refractivity contribution is 5.71. The molecule has 1 unspecified atom stereocenters. The summed E-state index contributed by atoms with van der Waals surface area (Å²) in [5.41, 5.74) is 4.94. The van der Waals surface area contributed by atoms with E-state index in [0.717, 1.165) is 5.75 Å². The molecule has 0 radical (unpaired) electrons. The largest absolute Gasteiger partial charge is 0.481 e. The first kappa shape index (κ1) is 17.2. The lowest BCUT2D eigenvalue weighted by Crippen LogP contribution is -2.38. The quantitative estimate of drug-likeness (QED) is 0.502. The van der Waals surface area contributed by atoms with Crippen LogP contribution >= 0.6 is 0 Å². The molecule has 1 atom stereocenters. The Morgan fingerprint density at radius 1 is 1.17 bits per heavy atom. The number of rotatable bonds is 5. The van der Waals surface area contributed by atoms with Crippen molar-refractivity contribution in [1.29, 1.82) is 0 Å². The topological polar surface area (TPSA) is 85.0 Å². The van der Waals surface area contributed by atoms with E-state index in [4.69, 9.17) is 15.2 Å². The Bertz CT molecular complexity index is 737. The third-order valence-corrected chi connectivity index (χ3v) is 3.00. The number of hydroxylamine groups is 2. The highest BCUT2D eigenvalue weighted by Gasteiger charge is 2.11. The summed E-state index contributed by atoms with van der Waals surface area (Å²) in [6, 6.07) is 14.9. The van der Waals surface area contributed by atoms with Gasteiger partial charge in [-0.05, 0) is 31.2 Å². The van der Waals surface area contributed by atoms with Crippen LogP contribution in [-0.4, -0.2) is 29.0 Å². The molecule has 24 heavy (non-hydrogen) atoms. The summed E-state index contributed by atoms with van der Waals surface area (Å²) < 4.78 is 11.2. The number of hydrogen-bond acceptors (Lipinski definition) is 4. The smallest absolute Gasteiger partial charge is 0.339 e. The first-order valence-electron chi connectivity index (χ1n) is 7.28. The maximum atomic E-state index is 10.8. The Kier molecular flexibility index (Phi) is 6.06. The zero-order valence-electron chi connectivity index (χ0n) is 13.2. The minimum Gasteiger partial charge on any atom is -0.481 e. The van der Waals surface area contributed by atoms with E-state index in [1.165, 1.54) is 0 Å². The molecule has 0 heterocycles. The van der Waals surface area contributed by atoms with E-state index < -0.39 is 12.1 Å². The third-order valence-electron chi connectivity index (χ3n) is 3.00. The van der Waals surface area contributed by atoms with Gasteiger partial charge in [-0.25, -0.2) is 4.79 Å². The van der Waals surface area contributed by atoms with Gasteiger partial charge in [0.1, 0.15) is 29.9 Å². The molecule has 0 aliphatic heterocycles. The predicted octanol–water partition coefficient (Wildman–Crippen LogP) is 3.02. The van der Waals surface area contributed by atoms with Crippen molar-refractivity contribution in [2.45, 2.75) is 13.0 Å². The minimum absolute atomic E-state index is 0.103. The summed E-state index contributed by atoms with van der Waals surface area (Å²) in [5.74, 6) is 7.35. The maximum absolute atomic E-state index is 10.8. The fraction of sp³-hybridized carbons (Fsp3) is 0.167. The van der Waals surface area contributed by atoms with E-state index in [0.29, 0.717) is 16.6 Å². The Balaban J connectivity index is 1.90. The van der Waals surface area contributed by atoms with Crippen molar-refractivity contribution < 1.29 is 19.5 Å². The van der Waals surface area contributed by atoms with Crippen LogP contribution in [-0.2, 0) is 0 Å². The van der Waals surface area contributed by atoms with Gasteiger partial charge in [0.25, 0.3) is 0 Å².